The maximum absolute atomic E-state index is 11.9. The van der Waals surface area contributed by atoms with E-state index >= 15 is 0 Å². The van der Waals surface area contributed by atoms with Gasteiger partial charge in [0.15, 0.2) is 0 Å². The third-order valence-corrected chi connectivity index (χ3v) is 11.2. The third-order valence-electron chi connectivity index (χ3n) is 11.2. The predicted molar refractivity (Wildman–Crippen MR) is 136 cm³/mol. The van der Waals surface area contributed by atoms with Crippen molar-refractivity contribution in [2.45, 2.75) is 111 Å². The standard InChI is InChI=1S/C30H50O3/c1-8-21(19(2)3)10-9-20(4)24-11-12-25-23-17-27(33-7)30(32)18-22(31)13-16-29(30,6)26(23)14-15-28(24,25)5/h9-10,17,19-22,24-27,31-32H,8,11-16,18H2,1-7H3/b10-9+/t20-,21+,22+,24-,25+,26+,27-,28-,29-,30+/m1/s1. The Balaban J connectivity index is 1.63. The molecule has 3 nitrogen and oxygen atoms in total. The van der Waals surface area contributed by atoms with Gasteiger partial charge in [0.25, 0.3) is 0 Å². The molecule has 0 aromatic heterocycles. The summed E-state index contributed by atoms with van der Waals surface area (Å²) in [4.78, 5) is 0. The third kappa shape index (κ3) is 3.89. The van der Waals surface area contributed by atoms with Crippen LogP contribution in [0.3, 0.4) is 0 Å². The second-order valence-corrected chi connectivity index (χ2v) is 13.0. The van der Waals surface area contributed by atoms with E-state index in [1.165, 1.54) is 25.7 Å². The first kappa shape index (κ1) is 25.5. The lowest BCUT2D eigenvalue weighted by molar-refractivity contribution is -0.216. The predicted octanol–water partition coefficient (Wildman–Crippen LogP) is 6.54. The van der Waals surface area contributed by atoms with Crippen LogP contribution < -0.4 is 0 Å². The van der Waals surface area contributed by atoms with Gasteiger partial charge in [-0.1, -0.05) is 65.3 Å². The molecule has 3 heteroatoms. The molecule has 188 valence electrons. The van der Waals surface area contributed by atoms with Crippen molar-refractivity contribution in [1.29, 1.82) is 0 Å². The van der Waals surface area contributed by atoms with Crippen LogP contribution in [-0.4, -0.2) is 35.1 Å². The fraction of sp³-hybridized carbons (Fsp3) is 0.867. The van der Waals surface area contributed by atoms with Gasteiger partial charge >= 0.3 is 0 Å². The number of rotatable bonds is 6. The van der Waals surface area contributed by atoms with Crippen LogP contribution in [0.1, 0.15) is 92.9 Å². The Hall–Kier alpha value is -0.640. The van der Waals surface area contributed by atoms with Gasteiger partial charge in [0.2, 0.25) is 0 Å². The van der Waals surface area contributed by atoms with Crippen molar-refractivity contribution in [2.75, 3.05) is 7.11 Å². The van der Waals surface area contributed by atoms with Crippen LogP contribution >= 0.6 is 0 Å². The lowest BCUT2D eigenvalue weighted by Gasteiger charge is -2.62. The number of fused-ring (bicyclic) bond motifs is 5. The van der Waals surface area contributed by atoms with E-state index in [-0.39, 0.29) is 11.5 Å². The highest BCUT2D eigenvalue weighted by atomic mass is 16.5. The average molecular weight is 459 g/mol. The van der Waals surface area contributed by atoms with E-state index in [9.17, 15) is 10.2 Å². The average Bonchev–Trinajstić information content (AvgIpc) is 3.11. The first-order valence-electron chi connectivity index (χ1n) is 13.8. The number of aliphatic hydroxyl groups excluding tert-OH is 1. The molecule has 0 amide bonds. The van der Waals surface area contributed by atoms with Crippen LogP contribution in [-0.2, 0) is 4.74 Å². The van der Waals surface area contributed by atoms with Gasteiger partial charge in [-0.25, -0.2) is 0 Å². The van der Waals surface area contributed by atoms with E-state index in [4.69, 9.17) is 4.74 Å². The van der Waals surface area contributed by atoms with Crippen LogP contribution in [0.5, 0.6) is 0 Å². The first-order valence-corrected chi connectivity index (χ1v) is 13.8. The van der Waals surface area contributed by atoms with Crippen molar-refractivity contribution < 1.29 is 14.9 Å². The molecule has 0 heterocycles. The maximum atomic E-state index is 11.9. The quantitative estimate of drug-likeness (QED) is 0.444. The van der Waals surface area contributed by atoms with Crippen LogP contribution in [0.4, 0.5) is 0 Å². The molecule has 0 bridgehead atoms. The van der Waals surface area contributed by atoms with Gasteiger partial charge < -0.3 is 14.9 Å². The molecule has 0 aromatic carbocycles. The Labute approximate surface area is 203 Å². The van der Waals surface area contributed by atoms with Crippen LogP contribution in [0.15, 0.2) is 23.8 Å². The van der Waals surface area contributed by atoms with Crippen LogP contribution in [0.2, 0.25) is 0 Å². The Morgan fingerprint density at radius 1 is 1.06 bits per heavy atom. The highest BCUT2D eigenvalue weighted by Gasteiger charge is 2.65. The number of allylic oxidation sites excluding steroid dienone is 3. The molecular weight excluding hydrogens is 408 g/mol. The first-order chi connectivity index (χ1) is 15.5. The molecule has 0 aliphatic heterocycles. The Morgan fingerprint density at radius 2 is 1.79 bits per heavy atom. The van der Waals surface area contributed by atoms with Gasteiger partial charge in [0.05, 0.1) is 6.10 Å². The summed E-state index contributed by atoms with van der Waals surface area (Å²) < 4.78 is 5.93. The zero-order valence-electron chi connectivity index (χ0n) is 22.3. The van der Waals surface area contributed by atoms with Gasteiger partial charge in [-0.2, -0.15) is 0 Å². The molecule has 4 aliphatic carbocycles. The highest BCUT2D eigenvalue weighted by molar-refractivity contribution is 5.33. The molecule has 33 heavy (non-hydrogen) atoms. The van der Waals surface area contributed by atoms with E-state index in [1.54, 1.807) is 12.7 Å². The molecular formula is C30H50O3. The van der Waals surface area contributed by atoms with Gasteiger partial charge in [0.1, 0.15) is 11.7 Å². The largest absolute Gasteiger partial charge is 0.393 e. The molecule has 0 aromatic rings. The topological polar surface area (TPSA) is 49.7 Å². The zero-order valence-corrected chi connectivity index (χ0v) is 22.3. The fourth-order valence-corrected chi connectivity index (χ4v) is 8.97. The lowest BCUT2D eigenvalue weighted by atomic mass is 9.45. The van der Waals surface area contributed by atoms with Gasteiger partial charge in [-0.05, 0) is 85.9 Å². The second kappa shape index (κ2) is 9.10. The summed E-state index contributed by atoms with van der Waals surface area (Å²) in [5.74, 6) is 3.70. The number of ether oxygens (including phenoxy) is 1. The van der Waals surface area contributed by atoms with E-state index in [0.717, 1.165) is 19.3 Å². The smallest absolute Gasteiger partial charge is 0.105 e. The summed E-state index contributed by atoms with van der Waals surface area (Å²) in [6.45, 7) is 14.3. The number of hydrogen-bond acceptors (Lipinski definition) is 3. The molecule has 4 rings (SSSR count). The number of aliphatic hydroxyl groups is 2. The maximum Gasteiger partial charge on any atom is 0.105 e. The Bertz CT molecular complexity index is 771. The minimum absolute atomic E-state index is 0.215. The van der Waals surface area contributed by atoms with E-state index in [2.05, 4.69) is 59.8 Å². The Kier molecular flexibility index (Phi) is 7.02. The van der Waals surface area contributed by atoms with E-state index in [1.807, 2.05) is 0 Å². The number of hydrogen-bond donors (Lipinski definition) is 2. The van der Waals surface area contributed by atoms with E-state index < -0.39 is 11.7 Å². The SMILES string of the molecule is CC[C@@H](/C=C/[C@@H](C)[C@H]1CC[C@H]2C3=C[C@@H](OC)[C@@]4(O)C[C@@H](O)CC[C@]4(C)[C@H]3CC[C@]12C)C(C)C. The number of methoxy groups -OCH3 is 1. The molecule has 10 atom stereocenters. The van der Waals surface area contributed by atoms with Gasteiger partial charge in [-0.15, -0.1) is 0 Å². The molecule has 0 spiro atoms. The van der Waals surface area contributed by atoms with Crippen molar-refractivity contribution in [3.63, 3.8) is 0 Å². The molecule has 4 aliphatic rings. The molecule has 3 saturated carbocycles. The molecule has 2 N–H and O–H groups in total. The van der Waals surface area contributed by atoms with Gasteiger partial charge in [-0.3, -0.25) is 0 Å². The van der Waals surface area contributed by atoms with Crippen molar-refractivity contribution in [3.05, 3.63) is 23.8 Å². The summed E-state index contributed by atoms with van der Waals surface area (Å²) in [5.41, 5.74) is 0.713. The molecule has 3 fully saturated rings. The minimum Gasteiger partial charge on any atom is -0.393 e. The summed E-state index contributed by atoms with van der Waals surface area (Å²) in [7, 11) is 1.73. The summed E-state index contributed by atoms with van der Waals surface area (Å²) in [6.07, 6.45) is 14.9. The lowest BCUT2D eigenvalue weighted by Crippen LogP contribution is -2.65. The van der Waals surface area contributed by atoms with Crippen molar-refractivity contribution in [2.24, 2.45) is 46.3 Å². The minimum atomic E-state index is -0.971. The molecule has 0 saturated heterocycles. The van der Waals surface area contributed by atoms with Crippen LogP contribution in [0.25, 0.3) is 0 Å². The molecule has 0 unspecified atom stereocenters. The monoisotopic (exact) mass is 458 g/mol. The van der Waals surface area contributed by atoms with E-state index in [0.29, 0.717) is 47.3 Å². The second-order valence-electron chi connectivity index (χ2n) is 13.0. The summed E-state index contributed by atoms with van der Waals surface area (Å²) >= 11 is 0. The van der Waals surface area contributed by atoms with Gasteiger partial charge in [0, 0.05) is 18.9 Å². The zero-order chi connectivity index (χ0) is 24.2. The summed E-state index contributed by atoms with van der Waals surface area (Å²) in [5, 5.41) is 22.3. The Morgan fingerprint density at radius 3 is 2.42 bits per heavy atom. The van der Waals surface area contributed by atoms with Crippen molar-refractivity contribution >= 4 is 0 Å². The van der Waals surface area contributed by atoms with Crippen molar-refractivity contribution in [3.8, 4) is 0 Å². The molecule has 0 radical (unpaired) electrons. The highest BCUT2D eigenvalue weighted by Crippen LogP contribution is 2.67. The van der Waals surface area contributed by atoms with Crippen molar-refractivity contribution in [1.82, 2.24) is 0 Å². The summed E-state index contributed by atoms with van der Waals surface area (Å²) in [6, 6.07) is 0. The normalized spacial score (nSPS) is 47.1. The fourth-order valence-electron chi connectivity index (χ4n) is 8.97. The van der Waals surface area contributed by atoms with Crippen LogP contribution in [0, 0.1) is 46.3 Å².